The van der Waals surface area contributed by atoms with Gasteiger partial charge in [0.2, 0.25) is 0 Å². The second kappa shape index (κ2) is 10.1. The van der Waals surface area contributed by atoms with Crippen LogP contribution >= 0.6 is 11.3 Å². The molecule has 0 spiro atoms. The summed E-state index contributed by atoms with van der Waals surface area (Å²) in [5, 5.41) is 29.6. The minimum atomic E-state index is -0.116. The molecule has 7 heteroatoms. The van der Waals surface area contributed by atoms with Crippen molar-refractivity contribution in [3.8, 4) is 34.3 Å². The van der Waals surface area contributed by atoms with Crippen LogP contribution < -0.4 is 0 Å². The molecule has 0 N–H and O–H groups in total. The molecule has 0 fully saturated rings. The number of hydrogen-bond donors (Lipinski definition) is 0. The van der Waals surface area contributed by atoms with E-state index in [1.54, 1.807) is 29.5 Å². The van der Waals surface area contributed by atoms with Crippen LogP contribution in [-0.2, 0) is 0 Å². The summed E-state index contributed by atoms with van der Waals surface area (Å²) >= 11 is 1.57. The number of nitriles is 3. The van der Waals surface area contributed by atoms with Gasteiger partial charge in [-0.25, -0.2) is 15.1 Å². The number of allylic oxidation sites excluding steroid dienone is 5. The molecule has 0 aliphatic heterocycles. The van der Waals surface area contributed by atoms with E-state index >= 15 is 0 Å². The Labute approximate surface area is 234 Å². The predicted molar refractivity (Wildman–Crippen MR) is 156 cm³/mol. The van der Waals surface area contributed by atoms with Crippen LogP contribution in [0.4, 0.5) is 0 Å². The van der Waals surface area contributed by atoms with Crippen LogP contribution in [0.3, 0.4) is 0 Å². The third-order valence-corrected chi connectivity index (χ3v) is 7.73. The lowest BCUT2D eigenvalue weighted by molar-refractivity contribution is 1.07. The molecule has 0 saturated carbocycles. The van der Waals surface area contributed by atoms with Gasteiger partial charge >= 0.3 is 0 Å². The molecule has 1 aliphatic carbocycles. The minimum Gasteiger partial charge on any atom is -0.292 e. The number of imidazole rings is 1. The first-order chi connectivity index (χ1) is 19.7. The molecule has 6 rings (SSSR count). The Morgan fingerprint density at radius 2 is 1.45 bits per heavy atom. The number of thiophene rings is 1. The molecule has 3 aromatic carbocycles. The first-order valence-corrected chi connectivity index (χ1v) is 13.0. The van der Waals surface area contributed by atoms with Gasteiger partial charge in [0.25, 0.3) is 5.70 Å². The Balaban J connectivity index is 1.69. The maximum atomic E-state index is 9.87. The highest BCUT2D eigenvalue weighted by atomic mass is 32.1. The normalized spacial score (nSPS) is 14.2. The van der Waals surface area contributed by atoms with Crippen molar-refractivity contribution < 1.29 is 0 Å². The largest absolute Gasteiger partial charge is 0.292 e. The molecular formula is C33H16N6S. The monoisotopic (exact) mass is 528 g/mol. The molecule has 0 radical (unpaired) electrons. The van der Waals surface area contributed by atoms with Crippen LogP contribution in [0.25, 0.3) is 48.5 Å². The van der Waals surface area contributed by atoms with Gasteiger partial charge in [0.05, 0.1) is 18.2 Å². The summed E-state index contributed by atoms with van der Waals surface area (Å²) in [6.45, 7) is 7.70. The molecule has 1 aliphatic rings. The fraction of sp³-hybridized carbons (Fsp3) is 0. The highest BCUT2D eigenvalue weighted by molar-refractivity contribution is 7.21. The third-order valence-electron chi connectivity index (χ3n) is 6.66. The lowest BCUT2D eigenvalue weighted by Gasteiger charge is -2.09. The van der Waals surface area contributed by atoms with Gasteiger partial charge < -0.3 is 0 Å². The van der Waals surface area contributed by atoms with Crippen LogP contribution in [-0.4, -0.2) is 9.55 Å². The second-order valence-electron chi connectivity index (χ2n) is 8.83. The van der Waals surface area contributed by atoms with Gasteiger partial charge in [0.1, 0.15) is 28.4 Å². The van der Waals surface area contributed by atoms with E-state index in [2.05, 4.69) is 23.0 Å². The summed E-state index contributed by atoms with van der Waals surface area (Å²) in [6, 6.07) is 35.2. The summed E-state index contributed by atoms with van der Waals surface area (Å²) in [5.41, 5.74) is 5.16. The molecule has 2 heterocycles. The number of fused-ring (bicyclic) bond motifs is 2. The van der Waals surface area contributed by atoms with Crippen molar-refractivity contribution in [1.29, 1.82) is 15.8 Å². The average molecular weight is 529 g/mol. The van der Waals surface area contributed by atoms with E-state index in [0.29, 0.717) is 33.7 Å². The zero-order valence-electron chi connectivity index (χ0n) is 20.8. The van der Waals surface area contributed by atoms with Crippen molar-refractivity contribution in [2.45, 2.75) is 0 Å². The molecule has 0 unspecified atom stereocenters. The van der Waals surface area contributed by atoms with Gasteiger partial charge in [0, 0.05) is 21.7 Å². The highest BCUT2D eigenvalue weighted by Crippen LogP contribution is 2.49. The van der Waals surface area contributed by atoms with E-state index in [1.165, 1.54) is 0 Å². The molecule has 0 bridgehead atoms. The number of aromatic nitrogens is 2. The first kappa shape index (κ1) is 24.4. The maximum absolute atomic E-state index is 9.87. The smallest absolute Gasteiger partial charge is 0.270 e. The van der Waals surface area contributed by atoms with E-state index in [0.717, 1.165) is 26.5 Å². The summed E-state index contributed by atoms with van der Waals surface area (Å²) in [6.07, 6.45) is 1.78. The third kappa shape index (κ3) is 3.89. The first-order valence-electron chi connectivity index (χ1n) is 12.2. The number of para-hydroxylation sites is 1. The Morgan fingerprint density at radius 1 is 0.825 bits per heavy atom. The lowest BCUT2D eigenvalue weighted by Crippen LogP contribution is -1.98. The molecule has 0 saturated heterocycles. The minimum absolute atomic E-state index is 0.0954. The standard InChI is InChI=1S/C33H16N6S/c1-37-27(20-36)32-25-15-9-8-14-24(25)31(22(18-34)19-35)26(32)16-30-38-33-28(39(30)23-12-6-3-7-13-23)17-29(40-33)21-10-4-2-5-11-21/h2-17H/b26-16-,32-27-. The molecule has 6 nitrogen and oxygen atoms in total. The fourth-order valence-corrected chi connectivity index (χ4v) is 6.01. The summed E-state index contributed by atoms with van der Waals surface area (Å²) in [4.78, 5) is 10.4. The second-order valence-corrected chi connectivity index (χ2v) is 9.86. The zero-order valence-corrected chi connectivity index (χ0v) is 21.6. The molecule has 0 atom stereocenters. The van der Waals surface area contributed by atoms with Crippen molar-refractivity contribution in [2.24, 2.45) is 0 Å². The number of benzene rings is 3. The predicted octanol–water partition coefficient (Wildman–Crippen LogP) is 7.81. The highest BCUT2D eigenvalue weighted by Gasteiger charge is 2.32. The SMILES string of the molecule is [C-]#[N+]/C(C#N)=C1\C(=C/c2nc3sc(-c4ccccc4)cc3n2-c2ccccc2)C(=C(C#N)C#N)c2ccccc21. The summed E-state index contributed by atoms with van der Waals surface area (Å²) in [5.74, 6) is 0.558. The Morgan fingerprint density at radius 3 is 2.08 bits per heavy atom. The van der Waals surface area contributed by atoms with Crippen molar-refractivity contribution in [3.05, 3.63) is 136 Å². The van der Waals surface area contributed by atoms with Crippen LogP contribution in [0.15, 0.2) is 108 Å². The molecule has 5 aromatic rings. The Bertz CT molecular complexity index is 1980. The van der Waals surface area contributed by atoms with Crippen molar-refractivity contribution >= 4 is 38.9 Å². The molecule has 0 amide bonds. The summed E-state index contributed by atoms with van der Waals surface area (Å²) < 4.78 is 2.02. The van der Waals surface area contributed by atoms with Crippen LogP contribution in [0.5, 0.6) is 0 Å². The van der Waals surface area contributed by atoms with E-state index in [9.17, 15) is 15.8 Å². The van der Waals surface area contributed by atoms with E-state index in [4.69, 9.17) is 11.6 Å². The van der Waals surface area contributed by atoms with Crippen molar-refractivity contribution in [1.82, 2.24) is 9.55 Å². The topological polar surface area (TPSA) is 93.5 Å². The molecule has 40 heavy (non-hydrogen) atoms. The van der Waals surface area contributed by atoms with Gasteiger partial charge in [-0.15, -0.1) is 11.3 Å². The van der Waals surface area contributed by atoms with Gasteiger partial charge in [-0.1, -0.05) is 72.8 Å². The molecular weight excluding hydrogens is 512 g/mol. The number of nitrogens with zero attached hydrogens (tertiary/aromatic N) is 6. The van der Waals surface area contributed by atoms with E-state index in [1.807, 2.05) is 83.4 Å². The lowest BCUT2D eigenvalue weighted by atomic mass is 9.97. The van der Waals surface area contributed by atoms with Crippen molar-refractivity contribution in [2.75, 3.05) is 0 Å². The molecule has 184 valence electrons. The van der Waals surface area contributed by atoms with Gasteiger partial charge in [-0.2, -0.15) is 10.5 Å². The van der Waals surface area contributed by atoms with Crippen LogP contribution in [0.1, 0.15) is 17.0 Å². The number of hydrogen-bond acceptors (Lipinski definition) is 5. The number of rotatable bonds is 3. The van der Waals surface area contributed by atoms with Gasteiger partial charge in [-0.05, 0) is 46.5 Å². The Hall–Kier alpha value is -5.99. The average Bonchev–Trinajstić information content (AvgIpc) is 3.66. The van der Waals surface area contributed by atoms with E-state index in [-0.39, 0.29) is 11.3 Å². The van der Waals surface area contributed by atoms with Crippen LogP contribution in [0.2, 0.25) is 0 Å². The van der Waals surface area contributed by atoms with Gasteiger partial charge in [0.15, 0.2) is 0 Å². The van der Waals surface area contributed by atoms with E-state index < -0.39 is 0 Å². The Kier molecular flexibility index (Phi) is 6.12. The molecule has 2 aromatic heterocycles. The van der Waals surface area contributed by atoms with Gasteiger partial charge in [-0.3, -0.25) is 4.57 Å². The van der Waals surface area contributed by atoms with Crippen molar-refractivity contribution in [3.63, 3.8) is 0 Å². The fourth-order valence-electron chi connectivity index (χ4n) is 4.99. The zero-order chi connectivity index (χ0) is 27.6. The maximum Gasteiger partial charge on any atom is 0.270 e. The summed E-state index contributed by atoms with van der Waals surface area (Å²) in [7, 11) is 0. The van der Waals surface area contributed by atoms with Crippen LogP contribution in [0, 0.1) is 40.6 Å². The quantitative estimate of drug-likeness (QED) is 0.176.